The zero-order chi connectivity index (χ0) is 27.7. The lowest BCUT2D eigenvalue weighted by molar-refractivity contribution is -0.136. The number of nitrogens with one attached hydrogen (secondary N) is 1. The molecule has 0 aliphatic heterocycles. The Morgan fingerprint density at radius 2 is 1.66 bits per heavy atom. The molecule has 1 heterocycles. The Morgan fingerprint density at radius 3 is 2.21 bits per heavy atom. The normalized spacial score (nSPS) is 12.3. The van der Waals surface area contributed by atoms with Gasteiger partial charge in [0.25, 0.3) is 5.91 Å². The number of hydrogen-bond donors (Lipinski definition) is 2. The van der Waals surface area contributed by atoms with E-state index in [2.05, 4.69) is 70.3 Å². The summed E-state index contributed by atoms with van der Waals surface area (Å²) in [6, 6.07) is 19.7. The number of benzene rings is 2. The van der Waals surface area contributed by atoms with Crippen LogP contribution in [-0.2, 0) is 11.2 Å². The van der Waals surface area contributed by atoms with Gasteiger partial charge in [-0.15, -0.1) is 0 Å². The molecule has 0 spiro atoms. The molecule has 0 unspecified atom stereocenters. The molecule has 1 amide bonds. The predicted octanol–water partition coefficient (Wildman–Crippen LogP) is 7.10. The topological polar surface area (TPSA) is 88.5 Å². The van der Waals surface area contributed by atoms with Crippen molar-refractivity contribution >= 4 is 11.9 Å². The van der Waals surface area contributed by atoms with E-state index in [1.165, 1.54) is 5.56 Å². The number of carbonyl (C=O) groups is 2. The molecule has 0 aliphatic carbocycles. The quantitative estimate of drug-likeness (QED) is 0.268. The van der Waals surface area contributed by atoms with Crippen LogP contribution >= 0.6 is 0 Å². The zero-order valence-electron chi connectivity index (χ0n) is 23.2. The predicted molar refractivity (Wildman–Crippen MR) is 151 cm³/mol. The molecule has 3 rings (SSSR count). The van der Waals surface area contributed by atoms with Crippen molar-refractivity contribution in [1.29, 1.82) is 0 Å². The van der Waals surface area contributed by atoms with Crippen molar-refractivity contribution in [3.63, 3.8) is 0 Å². The summed E-state index contributed by atoms with van der Waals surface area (Å²) in [6.45, 7) is 11.2. The second-order valence-corrected chi connectivity index (χ2v) is 11.4. The molecule has 0 aliphatic rings. The molecule has 2 aromatic carbocycles. The Kier molecular flexibility index (Phi) is 10.1. The first-order valence-electron chi connectivity index (χ1n) is 13.3. The van der Waals surface area contributed by atoms with Crippen molar-refractivity contribution in [3.8, 4) is 17.0 Å². The zero-order valence-corrected chi connectivity index (χ0v) is 23.2. The maximum absolute atomic E-state index is 12.3. The minimum absolute atomic E-state index is 0.0897. The summed E-state index contributed by atoms with van der Waals surface area (Å²) in [4.78, 5) is 27.7. The SMILES string of the molecule is CC(C)Cc1ccc(-c2ccc([C@@H](CCC(C)(C)C)Oc3ccc(C(=O)NCCC(=O)O)cc3)cn2)cc1. The second-order valence-electron chi connectivity index (χ2n) is 11.4. The lowest BCUT2D eigenvalue weighted by Crippen LogP contribution is -2.25. The van der Waals surface area contributed by atoms with Gasteiger partial charge in [-0.2, -0.15) is 0 Å². The van der Waals surface area contributed by atoms with Gasteiger partial charge in [0.15, 0.2) is 0 Å². The van der Waals surface area contributed by atoms with Crippen LogP contribution in [0, 0.1) is 11.3 Å². The van der Waals surface area contributed by atoms with Gasteiger partial charge in [0, 0.05) is 29.4 Å². The van der Waals surface area contributed by atoms with E-state index in [-0.39, 0.29) is 30.4 Å². The van der Waals surface area contributed by atoms with E-state index >= 15 is 0 Å². The second kappa shape index (κ2) is 13.2. The highest BCUT2D eigenvalue weighted by molar-refractivity contribution is 5.94. The van der Waals surface area contributed by atoms with Crippen molar-refractivity contribution < 1.29 is 19.4 Å². The van der Waals surface area contributed by atoms with Gasteiger partial charge in [-0.25, -0.2) is 0 Å². The lowest BCUT2D eigenvalue weighted by atomic mass is 9.88. The van der Waals surface area contributed by atoms with Gasteiger partial charge in [-0.05, 0) is 66.5 Å². The Hall–Kier alpha value is -3.67. The number of aliphatic carboxylic acids is 1. The molecule has 202 valence electrons. The molecule has 2 N–H and O–H groups in total. The van der Waals surface area contributed by atoms with E-state index < -0.39 is 5.97 Å². The number of amides is 1. The standard InChI is InChI=1S/C32H40N2O4/c1-22(2)20-23-6-8-24(9-7-23)28-15-12-26(21-34-28)29(16-18-32(3,4)5)38-27-13-10-25(11-14-27)31(37)33-19-17-30(35)36/h6-15,21-22,29H,16-20H2,1-5H3,(H,33,37)(H,35,36)/t29-/m1/s1. The molecule has 0 saturated heterocycles. The van der Waals surface area contributed by atoms with Crippen molar-refractivity contribution in [1.82, 2.24) is 10.3 Å². The van der Waals surface area contributed by atoms with E-state index in [0.717, 1.165) is 36.1 Å². The van der Waals surface area contributed by atoms with E-state index in [9.17, 15) is 9.59 Å². The fourth-order valence-corrected chi connectivity index (χ4v) is 4.14. The molecule has 6 nitrogen and oxygen atoms in total. The van der Waals surface area contributed by atoms with Crippen molar-refractivity contribution in [2.75, 3.05) is 6.54 Å². The number of carboxylic acid groups (broad SMARTS) is 1. The third-order valence-corrected chi connectivity index (χ3v) is 6.23. The minimum atomic E-state index is -0.947. The number of rotatable bonds is 12. The first-order chi connectivity index (χ1) is 18.0. The molecule has 0 saturated carbocycles. The molecule has 1 aromatic heterocycles. The van der Waals surface area contributed by atoms with E-state index in [1.54, 1.807) is 24.3 Å². The number of aromatic nitrogens is 1. The minimum Gasteiger partial charge on any atom is -0.486 e. The Labute approximate surface area is 226 Å². The molecule has 0 bridgehead atoms. The summed E-state index contributed by atoms with van der Waals surface area (Å²) in [6.07, 6.45) is 4.47. The Balaban J connectivity index is 1.72. The monoisotopic (exact) mass is 516 g/mol. The number of carboxylic acids is 1. The van der Waals surface area contributed by atoms with E-state index in [4.69, 9.17) is 14.8 Å². The van der Waals surface area contributed by atoms with Crippen molar-refractivity contribution in [2.45, 2.75) is 66.4 Å². The first kappa shape index (κ1) is 28.9. The van der Waals surface area contributed by atoms with Crippen LogP contribution in [-0.4, -0.2) is 28.5 Å². The molecule has 0 radical (unpaired) electrons. The van der Waals surface area contributed by atoms with Crippen LogP contribution in [0.4, 0.5) is 0 Å². The van der Waals surface area contributed by atoms with Gasteiger partial charge >= 0.3 is 5.97 Å². The van der Waals surface area contributed by atoms with Gasteiger partial charge < -0.3 is 15.2 Å². The van der Waals surface area contributed by atoms with Gasteiger partial charge in [0.05, 0.1) is 12.1 Å². The summed E-state index contributed by atoms with van der Waals surface area (Å²) in [5.41, 5.74) is 4.97. The summed E-state index contributed by atoms with van der Waals surface area (Å²) >= 11 is 0. The average Bonchev–Trinajstić information content (AvgIpc) is 2.86. The summed E-state index contributed by atoms with van der Waals surface area (Å²) in [7, 11) is 0. The van der Waals surface area contributed by atoms with Crippen LogP contribution < -0.4 is 10.1 Å². The first-order valence-corrected chi connectivity index (χ1v) is 13.3. The fraction of sp³-hybridized carbons (Fsp3) is 0.406. The number of carbonyl (C=O) groups excluding carboxylic acids is 1. The van der Waals surface area contributed by atoms with E-state index in [0.29, 0.717) is 17.2 Å². The third kappa shape index (κ3) is 9.33. The fourth-order valence-electron chi connectivity index (χ4n) is 4.14. The lowest BCUT2D eigenvalue weighted by Gasteiger charge is -2.24. The van der Waals surface area contributed by atoms with Gasteiger partial charge in [0.2, 0.25) is 0 Å². The highest BCUT2D eigenvalue weighted by Crippen LogP contribution is 2.32. The van der Waals surface area contributed by atoms with Crippen molar-refractivity contribution in [3.05, 3.63) is 83.6 Å². The van der Waals surface area contributed by atoms with Gasteiger partial charge in [0.1, 0.15) is 11.9 Å². The summed E-state index contributed by atoms with van der Waals surface area (Å²) in [5, 5.41) is 11.4. The van der Waals surface area contributed by atoms with Crippen LogP contribution in [0.5, 0.6) is 5.75 Å². The van der Waals surface area contributed by atoms with Crippen LogP contribution in [0.25, 0.3) is 11.3 Å². The molecular formula is C32H40N2O4. The van der Waals surface area contributed by atoms with Gasteiger partial charge in [-0.3, -0.25) is 14.6 Å². The largest absolute Gasteiger partial charge is 0.486 e. The Morgan fingerprint density at radius 1 is 0.974 bits per heavy atom. The maximum atomic E-state index is 12.3. The van der Waals surface area contributed by atoms with Crippen LogP contribution in [0.2, 0.25) is 0 Å². The molecule has 3 aromatic rings. The van der Waals surface area contributed by atoms with Crippen molar-refractivity contribution in [2.24, 2.45) is 11.3 Å². The molecule has 1 atom stereocenters. The third-order valence-electron chi connectivity index (χ3n) is 6.23. The molecule has 6 heteroatoms. The summed E-state index contributed by atoms with van der Waals surface area (Å²) in [5.74, 6) is 0.0350. The molecule has 38 heavy (non-hydrogen) atoms. The highest BCUT2D eigenvalue weighted by Gasteiger charge is 2.19. The number of ether oxygens (including phenoxy) is 1. The number of hydrogen-bond acceptors (Lipinski definition) is 4. The smallest absolute Gasteiger partial charge is 0.305 e. The molecular weight excluding hydrogens is 476 g/mol. The molecule has 0 fully saturated rings. The number of pyridine rings is 1. The highest BCUT2D eigenvalue weighted by atomic mass is 16.5. The maximum Gasteiger partial charge on any atom is 0.305 e. The van der Waals surface area contributed by atoms with Crippen LogP contribution in [0.15, 0.2) is 66.9 Å². The Bertz CT molecular complexity index is 1180. The number of nitrogens with zero attached hydrogens (tertiary/aromatic N) is 1. The summed E-state index contributed by atoms with van der Waals surface area (Å²) < 4.78 is 6.39. The van der Waals surface area contributed by atoms with Crippen LogP contribution in [0.1, 0.15) is 81.5 Å². The average molecular weight is 517 g/mol. The van der Waals surface area contributed by atoms with Gasteiger partial charge in [-0.1, -0.05) is 65.0 Å². The van der Waals surface area contributed by atoms with E-state index in [1.807, 2.05) is 12.3 Å². The van der Waals surface area contributed by atoms with Crippen LogP contribution in [0.3, 0.4) is 0 Å².